The van der Waals surface area contributed by atoms with Gasteiger partial charge < -0.3 is 5.32 Å². The topological polar surface area (TPSA) is 15.3 Å². The van der Waals surface area contributed by atoms with Gasteiger partial charge >= 0.3 is 0 Å². The highest BCUT2D eigenvalue weighted by Crippen LogP contribution is 2.08. The maximum absolute atomic E-state index is 3.46. The van der Waals surface area contributed by atoms with Crippen molar-refractivity contribution in [1.82, 2.24) is 10.2 Å². The molecule has 0 aliphatic rings. The molecule has 0 aromatic carbocycles. The van der Waals surface area contributed by atoms with Crippen LogP contribution in [0.15, 0.2) is 0 Å². The molecule has 0 radical (unpaired) electrons. The number of hydrogen-bond donors (Lipinski definition) is 1. The average Bonchev–Trinajstić information content (AvgIpc) is 2.14. The maximum atomic E-state index is 3.46. The van der Waals surface area contributed by atoms with E-state index in [4.69, 9.17) is 0 Å². The summed E-state index contributed by atoms with van der Waals surface area (Å²) in [5.74, 6) is 0. The zero-order valence-electron chi connectivity index (χ0n) is 10.1. The van der Waals surface area contributed by atoms with E-state index in [2.05, 4.69) is 51.9 Å². The van der Waals surface area contributed by atoms with Gasteiger partial charge in [0.2, 0.25) is 0 Å². The standard InChI is InChI=1S/C11H26N2/c1-7-9(3)13(6)11(5)10(4)12-8-2/h9-12H,7-8H2,1-6H3. The lowest BCUT2D eigenvalue weighted by atomic mass is 10.1. The van der Waals surface area contributed by atoms with Gasteiger partial charge in [0.25, 0.3) is 0 Å². The van der Waals surface area contributed by atoms with Crippen LogP contribution in [0.3, 0.4) is 0 Å². The average molecular weight is 186 g/mol. The summed E-state index contributed by atoms with van der Waals surface area (Å²) < 4.78 is 0. The van der Waals surface area contributed by atoms with Crippen molar-refractivity contribution in [1.29, 1.82) is 0 Å². The lowest BCUT2D eigenvalue weighted by Gasteiger charge is -2.34. The van der Waals surface area contributed by atoms with E-state index < -0.39 is 0 Å². The van der Waals surface area contributed by atoms with Gasteiger partial charge in [-0.05, 0) is 40.8 Å². The summed E-state index contributed by atoms with van der Waals surface area (Å²) in [6, 6.07) is 1.86. The third-order valence-corrected chi connectivity index (χ3v) is 3.18. The van der Waals surface area contributed by atoms with Gasteiger partial charge in [-0.15, -0.1) is 0 Å². The van der Waals surface area contributed by atoms with Crippen molar-refractivity contribution in [3.63, 3.8) is 0 Å². The van der Waals surface area contributed by atoms with Crippen molar-refractivity contribution in [2.75, 3.05) is 13.6 Å². The Morgan fingerprint density at radius 2 is 1.69 bits per heavy atom. The molecule has 3 unspecified atom stereocenters. The first kappa shape index (κ1) is 12.9. The minimum atomic E-state index is 0.573. The minimum Gasteiger partial charge on any atom is -0.313 e. The van der Waals surface area contributed by atoms with Gasteiger partial charge in [0, 0.05) is 18.1 Å². The normalized spacial score (nSPS) is 18.7. The largest absolute Gasteiger partial charge is 0.313 e. The molecule has 0 aliphatic heterocycles. The van der Waals surface area contributed by atoms with E-state index in [1.165, 1.54) is 6.42 Å². The van der Waals surface area contributed by atoms with Gasteiger partial charge in [-0.25, -0.2) is 0 Å². The van der Waals surface area contributed by atoms with Crippen molar-refractivity contribution in [3.05, 3.63) is 0 Å². The van der Waals surface area contributed by atoms with Crippen molar-refractivity contribution in [3.8, 4) is 0 Å². The van der Waals surface area contributed by atoms with Gasteiger partial charge in [-0.1, -0.05) is 13.8 Å². The summed E-state index contributed by atoms with van der Waals surface area (Å²) in [7, 11) is 2.21. The summed E-state index contributed by atoms with van der Waals surface area (Å²) in [6.07, 6.45) is 1.22. The Morgan fingerprint density at radius 1 is 1.15 bits per heavy atom. The van der Waals surface area contributed by atoms with E-state index in [1.807, 2.05) is 0 Å². The molecule has 80 valence electrons. The molecular weight excluding hydrogens is 160 g/mol. The lowest BCUT2D eigenvalue weighted by molar-refractivity contribution is 0.161. The van der Waals surface area contributed by atoms with Crippen LogP contribution in [0.25, 0.3) is 0 Å². The molecule has 2 heteroatoms. The minimum absolute atomic E-state index is 0.573. The van der Waals surface area contributed by atoms with Crippen LogP contribution in [0.4, 0.5) is 0 Å². The SMILES string of the molecule is CCNC(C)C(C)N(C)C(C)CC. The van der Waals surface area contributed by atoms with Gasteiger partial charge in [-0.3, -0.25) is 4.90 Å². The van der Waals surface area contributed by atoms with Crippen LogP contribution in [-0.2, 0) is 0 Å². The zero-order valence-corrected chi connectivity index (χ0v) is 10.1. The molecule has 2 nitrogen and oxygen atoms in total. The highest BCUT2D eigenvalue weighted by atomic mass is 15.2. The Labute approximate surface area is 83.7 Å². The zero-order chi connectivity index (χ0) is 10.4. The second kappa shape index (κ2) is 6.39. The van der Waals surface area contributed by atoms with Gasteiger partial charge in [-0.2, -0.15) is 0 Å². The molecule has 0 heterocycles. The van der Waals surface area contributed by atoms with E-state index >= 15 is 0 Å². The predicted molar refractivity (Wildman–Crippen MR) is 60.1 cm³/mol. The fourth-order valence-corrected chi connectivity index (χ4v) is 1.53. The summed E-state index contributed by atoms with van der Waals surface area (Å²) >= 11 is 0. The van der Waals surface area contributed by atoms with E-state index in [0.717, 1.165) is 6.54 Å². The maximum Gasteiger partial charge on any atom is 0.0218 e. The van der Waals surface area contributed by atoms with Crippen molar-refractivity contribution in [2.45, 2.75) is 59.2 Å². The fraction of sp³-hybridized carbons (Fsp3) is 1.00. The first-order valence-electron chi connectivity index (χ1n) is 5.49. The highest BCUT2D eigenvalue weighted by Gasteiger charge is 2.18. The molecule has 0 aromatic heterocycles. The predicted octanol–water partition coefficient (Wildman–Crippen LogP) is 2.10. The van der Waals surface area contributed by atoms with Crippen LogP contribution in [0.1, 0.15) is 41.0 Å². The van der Waals surface area contributed by atoms with Crippen molar-refractivity contribution < 1.29 is 0 Å². The number of likely N-dealkylation sites (N-methyl/N-ethyl adjacent to an activating group) is 2. The molecule has 0 rings (SSSR count). The highest BCUT2D eigenvalue weighted by molar-refractivity contribution is 4.78. The Balaban J connectivity index is 3.99. The van der Waals surface area contributed by atoms with Crippen LogP contribution in [0.2, 0.25) is 0 Å². The molecule has 0 aliphatic carbocycles. The van der Waals surface area contributed by atoms with Crippen LogP contribution >= 0.6 is 0 Å². The van der Waals surface area contributed by atoms with Crippen LogP contribution < -0.4 is 5.32 Å². The smallest absolute Gasteiger partial charge is 0.0218 e. The summed E-state index contributed by atoms with van der Waals surface area (Å²) in [4.78, 5) is 2.45. The Bertz CT molecular complexity index is 125. The summed E-state index contributed by atoms with van der Waals surface area (Å²) in [5.41, 5.74) is 0. The molecule has 1 N–H and O–H groups in total. The van der Waals surface area contributed by atoms with E-state index in [9.17, 15) is 0 Å². The van der Waals surface area contributed by atoms with E-state index in [0.29, 0.717) is 18.1 Å². The number of rotatable bonds is 6. The van der Waals surface area contributed by atoms with Crippen LogP contribution in [-0.4, -0.2) is 36.6 Å². The first-order chi connectivity index (χ1) is 6.04. The molecule has 13 heavy (non-hydrogen) atoms. The molecule has 0 fully saturated rings. The van der Waals surface area contributed by atoms with Gasteiger partial charge in [0.15, 0.2) is 0 Å². The molecule has 0 saturated carbocycles. The molecule has 3 atom stereocenters. The number of hydrogen-bond acceptors (Lipinski definition) is 2. The van der Waals surface area contributed by atoms with Crippen molar-refractivity contribution in [2.24, 2.45) is 0 Å². The fourth-order valence-electron chi connectivity index (χ4n) is 1.53. The number of nitrogens with zero attached hydrogens (tertiary/aromatic N) is 1. The Kier molecular flexibility index (Phi) is 6.35. The van der Waals surface area contributed by atoms with E-state index in [-0.39, 0.29) is 0 Å². The molecule has 0 amide bonds. The molecule has 0 spiro atoms. The second-order valence-corrected chi connectivity index (χ2v) is 4.01. The molecule has 0 saturated heterocycles. The van der Waals surface area contributed by atoms with Crippen LogP contribution in [0, 0.1) is 0 Å². The Hall–Kier alpha value is -0.0800. The van der Waals surface area contributed by atoms with Crippen LogP contribution in [0.5, 0.6) is 0 Å². The van der Waals surface area contributed by atoms with Gasteiger partial charge in [0.1, 0.15) is 0 Å². The molecular formula is C11H26N2. The van der Waals surface area contributed by atoms with E-state index in [1.54, 1.807) is 0 Å². The third-order valence-electron chi connectivity index (χ3n) is 3.18. The number of nitrogens with one attached hydrogen (secondary N) is 1. The summed E-state index contributed by atoms with van der Waals surface area (Å²) in [5, 5.41) is 3.46. The molecule has 0 aromatic rings. The second-order valence-electron chi connectivity index (χ2n) is 4.01. The molecule has 0 bridgehead atoms. The Morgan fingerprint density at radius 3 is 2.08 bits per heavy atom. The first-order valence-corrected chi connectivity index (χ1v) is 5.49. The monoisotopic (exact) mass is 186 g/mol. The van der Waals surface area contributed by atoms with Crippen molar-refractivity contribution >= 4 is 0 Å². The quantitative estimate of drug-likeness (QED) is 0.683. The van der Waals surface area contributed by atoms with Gasteiger partial charge in [0.05, 0.1) is 0 Å². The summed E-state index contributed by atoms with van der Waals surface area (Å²) in [6.45, 7) is 12.3. The lowest BCUT2D eigenvalue weighted by Crippen LogP contribution is -2.48. The third kappa shape index (κ3) is 4.10.